The third kappa shape index (κ3) is 4.04. The second-order valence-corrected chi connectivity index (χ2v) is 7.37. The molecule has 0 aliphatic carbocycles. The number of benzene rings is 1. The monoisotopic (exact) mass is 345 g/mol. The molecule has 1 aromatic carbocycles. The molecule has 1 amide bonds. The number of hydrogen-bond donors (Lipinski definition) is 2. The van der Waals surface area contributed by atoms with Crippen molar-refractivity contribution in [1.29, 1.82) is 0 Å². The number of carbonyl (C=O) groups excluding carboxylic acids is 1. The van der Waals surface area contributed by atoms with Gasteiger partial charge >= 0.3 is 0 Å². The lowest BCUT2D eigenvalue weighted by Gasteiger charge is -2.34. The fourth-order valence-corrected chi connectivity index (χ4v) is 4.36. The van der Waals surface area contributed by atoms with Gasteiger partial charge in [-0.3, -0.25) is 4.79 Å². The Morgan fingerprint density at radius 1 is 1.25 bits per heavy atom. The van der Waals surface area contributed by atoms with Crippen LogP contribution in [0.1, 0.15) is 33.8 Å². The molecule has 0 radical (unpaired) electrons. The minimum atomic E-state index is 0.000385. The first-order valence-electron chi connectivity index (χ1n) is 8.48. The Morgan fingerprint density at radius 3 is 2.71 bits per heavy atom. The fourth-order valence-electron chi connectivity index (χ4n) is 3.37. The van der Waals surface area contributed by atoms with Crippen LogP contribution in [0.15, 0.2) is 41.8 Å². The van der Waals surface area contributed by atoms with E-state index in [-0.39, 0.29) is 18.0 Å². The molecule has 128 valence electrons. The summed E-state index contributed by atoms with van der Waals surface area (Å²) < 4.78 is 5.51. The van der Waals surface area contributed by atoms with E-state index in [1.165, 1.54) is 9.78 Å². The van der Waals surface area contributed by atoms with Crippen LogP contribution in [0.25, 0.3) is 0 Å². The van der Waals surface area contributed by atoms with Crippen LogP contribution in [0.5, 0.6) is 0 Å². The Morgan fingerprint density at radius 2 is 2.04 bits per heavy atom. The average molecular weight is 345 g/mol. The van der Waals surface area contributed by atoms with Gasteiger partial charge in [0.15, 0.2) is 0 Å². The molecule has 4 nitrogen and oxygen atoms in total. The van der Waals surface area contributed by atoms with Gasteiger partial charge in [0.2, 0.25) is 0 Å². The van der Waals surface area contributed by atoms with E-state index in [4.69, 9.17) is 4.74 Å². The van der Waals surface area contributed by atoms with Crippen LogP contribution in [0.2, 0.25) is 0 Å². The van der Waals surface area contributed by atoms with E-state index in [1.807, 2.05) is 31.2 Å². The standard InChI is InChI=1S/C19H24N2O2S/c1-14-5-3-6-16(13-14)19(22)20-15(2)18(17-7-4-12-24-17)21-8-10-23-11-9-21/h3-7,12-13,15,18H,8-11H2,1-2H3,(H,20,22)/p+1/t15-,18+/m0/s1. The van der Waals surface area contributed by atoms with Gasteiger partial charge in [-0.1, -0.05) is 23.8 Å². The van der Waals surface area contributed by atoms with Crippen molar-refractivity contribution in [3.63, 3.8) is 0 Å². The van der Waals surface area contributed by atoms with Crippen LogP contribution in [-0.4, -0.2) is 38.3 Å². The van der Waals surface area contributed by atoms with Crippen molar-refractivity contribution in [2.45, 2.75) is 25.9 Å². The van der Waals surface area contributed by atoms with E-state index in [0.29, 0.717) is 0 Å². The van der Waals surface area contributed by atoms with Crippen molar-refractivity contribution in [3.05, 3.63) is 57.8 Å². The molecule has 0 spiro atoms. The Balaban J connectivity index is 1.75. The second-order valence-electron chi connectivity index (χ2n) is 6.40. The van der Waals surface area contributed by atoms with Gasteiger partial charge in [-0.05, 0) is 37.4 Å². The first kappa shape index (κ1) is 17.1. The Hall–Kier alpha value is -1.69. The highest BCUT2D eigenvalue weighted by Gasteiger charge is 2.33. The summed E-state index contributed by atoms with van der Waals surface area (Å²) >= 11 is 1.77. The summed E-state index contributed by atoms with van der Waals surface area (Å²) in [7, 11) is 0. The van der Waals surface area contributed by atoms with Gasteiger partial charge in [-0.2, -0.15) is 0 Å². The van der Waals surface area contributed by atoms with Gasteiger partial charge in [0.05, 0.1) is 24.1 Å². The number of carbonyl (C=O) groups is 1. The van der Waals surface area contributed by atoms with Crippen molar-refractivity contribution < 1.29 is 14.4 Å². The fraction of sp³-hybridized carbons (Fsp3) is 0.421. The molecule has 2 aromatic rings. The van der Waals surface area contributed by atoms with Crippen LogP contribution in [-0.2, 0) is 4.74 Å². The second kappa shape index (κ2) is 7.92. The average Bonchev–Trinajstić information content (AvgIpc) is 3.10. The summed E-state index contributed by atoms with van der Waals surface area (Å²) in [6.07, 6.45) is 0. The first-order chi connectivity index (χ1) is 11.6. The maximum Gasteiger partial charge on any atom is 0.251 e. The van der Waals surface area contributed by atoms with Crippen molar-refractivity contribution in [1.82, 2.24) is 5.32 Å². The molecule has 1 aliphatic heterocycles. The van der Waals surface area contributed by atoms with E-state index >= 15 is 0 Å². The van der Waals surface area contributed by atoms with E-state index in [1.54, 1.807) is 11.3 Å². The number of amides is 1. The molecule has 1 aliphatic rings. The van der Waals surface area contributed by atoms with Crippen LogP contribution < -0.4 is 10.2 Å². The molecule has 3 rings (SSSR count). The van der Waals surface area contributed by atoms with Gasteiger partial charge in [-0.25, -0.2) is 0 Å². The predicted molar refractivity (Wildman–Crippen MR) is 96.7 cm³/mol. The zero-order valence-corrected chi connectivity index (χ0v) is 15.1. The molecule has 1 saturated heterocycles. The molecule has 1 fully saturated rings. The third-order valence-corrected chi connectivity index (χ3v) is 5.52. The topological polar surface area (TPSA) is 42.8 Å². The molecule has 5 heteroatoms. The maximum atomic E-state index is 12.6. The molecule has 0 unspecified atom stereocenters. The normalized spacial score (nSPS) is 18.1. The van der Waals surface area contributed by atoms with E-state index in [2.05, 4.69) is 29.8 Å². The number of ether oxygens (including phenoxy) is 1. The Kier molecular flexibility index (Phi) is 5.66. The van der Waals surface area contributed by atoms with Gasteiger partial charge < -0.3 is 15.0 Å². The van der Waals surface area contributed by atoms with Crippen LogP contribution in [0, 0.1) is 6.92 Å². The number of aryl methyl sites for hydroxylation is 1. The highest BCUT2D eigenvalue weighted by Crippen LogP contribution is 2.20. The lowest BCUT2D eigenvalue weighted by molar-refractivity contribution is -0.939. The number of morpholine rings is 1. The van der Waals surface area contributed by atoms with E-state index < -0.39 is 0 Å². The van der Waals surface area contributed by atoms with Gasteiger partial charge in [0.25, 0.3) is 5.91 Å². The van der Waals surface area contributed by atoms with Crippen molar-refractivity contribution in [2.24, 2.45) is 0 Å². The number of quaternary nitrogens is 1. The summed E-state index contributed by atoms with van der Waals surface area (Å²) in [5.41, 5.74) is 1.83. The summed E-state index contributed by atoms with van der Waals surface area (Å²) in [6.45, 7) is 7.65. The van der Waals surface area contributed by atoms with Crippen molar-refractivity contribution >= 4 is 17.2 Å². The third-order valence-electron chi connectivity index (χ3n) is 4.56. The van der Waals surface area contributed by atoms with Gasteiger partial charge in [0, 0.05) is 5.56 Å². The number of nitrogens with one attached hydrogen (secondary N) is 2. The summed E-state index contributed by atoms with van der Waals surface area (Å²) in [4.78, 5) is 15.4. The molecule has 0 saturated carbocycles. The highest BCUT2D eigenvalue weighted by atomic mass is 32.1. The van der Waals surface area contributed by atoms with Crippen LogP contribution >= 0.6 is 11.3 Å². The van der Waals surface area contributed by atoms with Crippen molar-refractivity contribution in [2.75, 3.05) is 26.3 Å². The molecule has 2 N–H and O–H groups in total. The van der Waals surface area contributed by atoms with Crippen molar-refractivity contribution in [3.8, 4) is 0 Å². The van der Waals surface area contributed by atoms with Crippen LogP contribution in [0.3, 0.4) is 0 Å². The SMILES string of the molecule is Cc1cccc(C(=O)N[C@@H](C)[C@H](c2cccs2)[NH+]2CCOCC2)c1. The molecule has 1 aromatic heterocycles. The van der Waals surface area contributed by atoms with Crippen LogP contribution in [0.4, 0.5) is 0 Å². The smallest absolute Gasteiger partial charge is 0.251 e. The molecule has 2 atom stereocenters. The molecule has 2 heterocycles. The minimum absolute atomic E-state index is 0.000385. The Bertz CT molecular complexity index is 666. The lowest BCUT2D eigenvalue weighted by atomic mass is 10.0. The van der Waals surface area contributed by atoms with E-state index in [9.17, 15) is 4.79 Å². The summed E-state index contributed by atoms with van der Waals surface area (Å²) in [5, 5.41) is 5.32. The maximum absolute atomic E-state index is 12.6. The zero-order valence-electron chi connectivity index (χ0n) is 14.2. The minimum Gasteiger partial charge on any atom is -0.370 e. The number of rotatable bonds is 5. The highest BCUT2D eigenvalue weighted by molar-refractivity contribution is 7.10. The molecule has 0 bridgehead atoms. The number of hydrogen-bond acceptors (Lipinski definition) is 3. The first-order valence-corrected chi connectivity index (χ1v) is 9.36. The summed E-state index contributed by atoms with van der Waals surface area (Å²) in [6, 6.07) is 12.3. The summed E-state index contributed by atoms with van der Waals surface area (Å²) in [5.74, 6) is 0.000385. The van der Waals surface area contributed by atoms with Gasteiger partial charge in [0.1, 0.15) is 19.1 Å². The van der Waals surface area contributed by atoms with Gasteiger partial charge in [-0.15, -0.1) is 11.3 Å². The lowest BCUT2D eigenvalue weighted by Crippen LogP contribution is -3.15. The largest absolute Gasteiger partial charge is 0.370 e. The quantitative estimate of drug-likeness (QED) is 0.868. The zero-order chi connectivity index (χ0) is 16.9. The Labute approximate surface area is 147 Å². The predicted octanol–water partition coefficient (Wildman–Crippen LogP) is 1.83. The molecule has 24 heavy (non-hydrogen) atoms. The molecular weight excluding hydrogens is 320 g/mol. The molecular formula is C19H25N2O2S+. The number of thiophene rings is 1. The van der Waals surface area contributed by atoms with E-state index in [0.717, 1.165) is 37.4 Å².